The van der Waals surface area contributed by atoms with Gasteiger partial charge in [-0.25, -0.2) is 4.79 Å². The molecule has 2 aromatic rings. The first-order valence-electron chi connectivity index (χ1n) is 6.56. The molecule has 1 atom stereocenters. The molecule has 0 aliphatic carbocycles. The Morgan fingerprint density at radius 3 is 2.50 bits per heavy atom. The Kier molecular flexibility index (Phi) is 4.39. The number of hydrogen-bond acceptors (Lipinski definition) is 3. The molecule has 0 radical (unpaired) electrons. The Bertz CT molecular complexity index is 643. The van der Waals surface area contributed by atoms with Crippen LogP contribution in [0.2, 0.25) is 0 Å². The second-order valence-electron chi connectivity index (χ2n) is 4.89. The minimum absolute atomic E-state index is 0.0373. The number of H-pyrrole nitrogens is 1. The number of nitrogens with one attached hydrogen (secondary N) is 1. The van der Waals surface area contributed by atoms with E-state index in [2.05, 4.69) is 4.98 Å². The maximum atomic E-state index is 12.1. The van der Waals surface area contributed by atoms with Crippen molar-refractivity contribution >= 4 is 18.2 Å². The normalized spacial score (nSPS) is 12.4. The summed E-state index contributed by atoms with van der Waals surface area (Å²) in [6.45, 7) is 5.65. The Hall–Kier alpha value is -1.88. The molecule has 0 saturated carbocycles. The molecule has 106 valence electrons. The van der Waals surface area contributed by atoms with Gasteiger partial charge in [-0.2, -0.15) is 0 Å². The third-order valence-corrected chi connectivity index (χ3v) is 3.35. The smallest absolute Gasteiger partial charge is 0.356 e. The van der Waals surface area contributed by atoms with Crippen molar-refractivity contribution in [3.8, 4) is 0 Å². The fourth-order valence-corrected chi connectivity index (χ4v) is 2.39. The average molecular weight is 290 g/mol. The zero-order valence-corrected chi connectivity index (χ0v) is 12.6. The van der Waals surface area contributed by atoms with E-state index < -0.39 is 0 Å². The SMILES string of the molecule is CC(C)OC(=O)c1c[nH]c(=S)n1[C@H](C)c1ccccc1. The summed E-state index contributed by atoms with van der Waals surface area (Å²) in [5, 5.41) is 0. The highest BCUT2D eigenvalue weighted by Crippen LogP contribution is 2.21. The highest BCUT2D eigenvalue weighted by Gasteiger charge is 2.20. The molecule has 0 spiro atoms. The van der Waals surface area contributed by atoms with Crippen LogP contribution >= 0.6 is 12.2 Å². The highest BCUT2D eigenvalue weighted by atomic mass is 32.1. The van der Waals surface area contributed by atoms with Crippen molar-refractivity contribution < 1.29 is 9.53 Å². The van der Waals surface area contributed by atoms with E-state index >= 15 is 0 Å². The Labute approximate surface area is 123 Å². The van der Waals surface area contributed by atoms with Crippen LogP contribution in [0.1, 0.15) is 42.9 Å². The minimum Gasteiger partial charge on any atom is -0.458 e. The summed E-state index contributed by atoms with van der Waals surface area (Å²) in [5.41, 5.74) is 1.53. The van der Waals surface area contributed by atoms with Gasteiger partial charge < -0.3 is 14.3 Å². The number of esters is 1. The van der Waals surface area contributed by atoms with Crippen LogP contribution in [0, 0.1) is 4.77 Å². The predicted octanol–water partition coefficient (Wildman–Crippen LogP) is 3.72. The van der Waals surface area contributed by atoms with E-state index in [0.717, 1.165) is 5.56 Å². The molecule has 0 unspecified atom stereocenters. The second kappa shape index (κ2) is 6.05. The number of nitrogens with zero attached hydrogens (tertiary/aromatic N) is 1. The number of carbonyl (C=O) groups excluding carboxylic acids is 1. The fourth-order valence-electron chi connectivity index (χ4n) is 2.08. The van der Waals surface area contributed by atoms with Crippen molar-refractivity contribution in [2.75, 3.05) is 0 Å². The van der Waals surface area contributed by atoms with Gasteiger partial charge in [0.1, 0.15) is 5.69 Å². The predicted molar refractivity (Wildman–Crippen MR) is 80.4 cm³/mol. The fraction of sp³-hybridized carbons (Fsp3) is 0.333. The summed E-state index contributed by atoms with van der Waals surface area (Å²) >= 11 is 5.28. The molecular weight excluding hydrogens is 272 g/mol. The average Bonchev–Trinajstić information content (AvgIpc) is 2.80. The molecule has 1 aromatic heterocycles. The number of carbonyl (C=O) groups is 1. The molecular formula is C15H18N2O2S. The third-order valence-electron chi connectivity index (χ3n) is 3.03. The van der Waals surface area contributed by atoms with Gasteiger partial charge in [0.25, 0.3) is 0 Å². The van der Waals surface area contributed by atoms with Crippen molar-refractivity contribution in [2.45, 2.75) is 32.9 Å². The van der Waals surface area contributed by atoms with Crippen molar-refractivity contribution in [3.05, 3.63) is 52.6 Å². The zero-order valence-electron chi connectivity index (χ0n) is 11.8. The first kappa shape index (κ1) is 14.5. The van der Waals surface area contributed by atoms with E-state index in [4.69, 9.17) is 17.0 Å². The summed E-state index contributed by atoms with van der Waals surface area (Å²) in [7, 11) is 0. The number of aromatic nitrogens is 2. The molecule has 0 aliphatic rings. The van der Waals surface area contributed by atoms with E-state index in [1.54, 1.807) is 10.8 Å². The number of benzene rings is 1. The van der Waals surface area contributed by atoms with Gasteiger partial charge in [0.15, 0.2) is 4.77 Å². The molecule has 0 amide bonds. The quantitative estimate of drug-likeness (QED) is 0.689. The molecule has 2 rings (SSSR count). The van der Waals surface area contributed by atoms with Crippen molar-refractivity contribution in [2.24, 2.45) is 0 Å². The molecule has 4 nitrogen and oxygen atoms in total. The van der Waals surface area contributed by atoms with E-state index in [9.17, 15) is 4.79 Å². The first-order chi connectivity index (χ1) is 9.50. The van der Waals surface area contributed by atoms with Crippen molar-refractivity contribution in [1.82, 2.24) is 9.55 Å². The van der Waals surface area contributed by atoms with Gasteiger partial charge in [-0.15, -0.1) is 0 Å². The molecule has 5 heteroatoms. The van der Waals surface area contributed by atoms with Crippen molar-refractivity contribution in [1.29, 1.82) is 0 Å². The zero-order chi connectivity index (χ0) is 14.7. The van der Waals surface area contributed by atoms with Crippen LogP contribution in [0.4, 0.5) is 0 Å². The van der Waals surface area contributed by atoms with Gasteiger partial charge in [0.2, 0.25) is 0 Å². The molecule has 0 bridgehead atoms. The maximum Gasteiger partial charge on any atom is 0.356 e. The van der Waals surface area contributed by atoms with Gasteiger partial charge in [0.05, 0.1) is 12.1 Å². The van der Waals surface area contributed by atoms with Crippen LogP contribution in [-0.2, 0) is 4.74 Å². The van der Waals surface area contributed by atoms with Gasteiger partial charge in [-0.05, 0) is 38.6 Å². The lowest BCUT2D eigenvalue weighted by molar-refractivity contribution is 0.0364. The monoisotopic (exact) mass is 290 g/mol. The number of aromatic amines is 1. The Balaban J connectivity index is 2.39. The lowest BCUT2D eigenvalue weighted by Crippen LogP contribution is -2.18. The molecule has 1 heterocycles. The van der Waals surface area contributed by atoms with Crippen LogP contribution in [0.3, 0.4) is 0 Å². The lowest BCUT2D eigenvalue weighted by atomic mass is 10.1. The van der Waals surface area contributed by atoms with Crippen LogP contribution in [0.5, 0.6) is 0 Å². The Morgan fingerprint density at radius 2 is 1.90 bits per heavy atom. The number of ether oxygens (including phenoxy) is 1. The summed E-state index contributed by atoms with van der Waals surface area (Å²) in [4.78, 5) is 15.0. The van der Waals surface area contributed by atoms with Crippen LogP contribution < -0.4 is 0 Å². The molecule has 0 fully saturated rings. The second-order valence-corrected chi connectivity index (χ2v) is 5.28. The lowest BCUT2D eigenvalue weighted by Gasteiger charge is -2.17. The number of hydrogen-bond donors (Lipinski definition) is 1. The molecule has 0 saturated heterocycles. The first-order valence-corrected chi connectivity index (χ1v) is 6.97. The van der Waals surface area contributed by atoms with Crippen LogP contribution in [-0.4, -0.2) is 21.6 Å². The van der Waals surface area contributed by atoms with Crippen LogP contribution in [0.25, 0.3) is 0 Å². The van der Waals surface area contributed by atoms with Crippen molar-refractivity contribution in [3.63, 3.8) is 0 Å². The minimum atomic E-state index is -0.366. The third kappa shape index (κ3) is 2.99. The summed E-state index contributed by atoms with van der Waals surface area (Å²) in [6, 6.07) is 9.88. The summed E-state index contributed by atoms with van der Waals surface area (Å²) < 4.78 is 7.55. The number of rotatable bonds is 4. The topological polar surface area (TPSA) is 47.0 Å². The molecule has 0 aliphatic heterocycles. The van der Waals surface area contributed by atoms with Gasteiger partial charge in [-0.3, -0.25) is 0 Å². The number of imidazole rings is 1. The van der Waals surface area contributed by atoms with E-state index in [0.29, 0.717) is 10.5 Å². The highest BCUT2D eigenvalue weighted by molar-refractivity contribution is 7.71. The summed E-state index contributed by atoms with van der Waals surface area (Å²) in [5.74, 6) is -0.366. The Morgan fingerprint density at radius 1 is 1.25 bits per heavy atom. The summed E-state index contributed by atoms with van der Waals surface area (Å²) in [6.07, 6.45) is 1.44. The van der Waals surface area contributed by atoms with Gasteiger partial charge >= 0.3 is 5.97 Å². The van der Waals surface area contributed by atoms with Gasteiger partial charge in [0, 0.05) is 6.20 Å². The standard InChI is InChI=1S/C15H18N2O2S/c1-10(2)19-14(18)13-9-16-15(20)17(13)11(3)12-7-5-4-6-8-12/h4-11H,1-3H3,(H,16,20)/t11-/m1/s1. The molecule has 1 N–H and O–H groups in total. The van der Waals surface area contributed by atoms with E-state index in [1.807, 2.05) is 51.1 Å². The van der Waals surface area contributed by atoms with Crippen LogP contribution in [0.15, 0.2) is 36.5 Å². The largest absolute Gasteiger partial charge is 0.458 e. The van der Waals surface area contributed by atoms with E-state index in [-0.39, 0.29) is 18.1 Å². The maximum absolute atomic E-state index is 12.1. The molecule has 1 aromatic carbocycles. The van der Waals surface area contributed by atoms with Gasteiger partial charge in [-0.1, -0.05) is 30.3 Å². The van der Waals surface area contributed by atoms with E-state index in [1.165, 1.54) is 0 Å². The molecule has 20 heavy (non-hydrogen) atoms.